The van der Waals surface area contributed by atoms with Crippen LogP contribution in [-0.4, -0.2) is 52.6 Å². The average molecular weight is 413 g/mol. The molecule has 2 aliphatic heterocycles. The first kappa shape index (κ1) is 20.2. The minimum Gasteiger partial charge on any atom is -0.497 e. The Bertz CT molecular complexity index is 905. The van der Waals surface area contributed by atoms with Crippen molar-refractivity contribution in [3.8, 4) is 11.5 Å². The zero-order chi connectivity index (χ0) is 20.9. The van der Waals surface area contributed by atoms with E-state index in [9.17, 15) is 9.59 Å². The summed E-state index contributed by atoms with van der Waals surface area (Å²) in [6.07, 6.45) is 6.12. The largest absolute Gasteiger partial charge is 0.497 e. The Kier molecular flexibility index (Phi) is 6.15. The Morgan fingerprint density at radius 1 is 1.10 bits per heavy atom. The molecule has 5 rings (SSSR count). The van der Waals surface area contributed by atoms with Gasteiger partial charge < -0.3 is 20.1 Å². The van der Waals surface area contributed by atoms with Crippen LogP contribution in [0.4, 0.5) is 0 Å². The van der Waals surface area contributed by atoms with E-state index in [4.69, 9.17) is 9.47 Å². The normalized spacial score (nSPS) is 22.7. The predicted octanol–water partition coefficient (Wildman–Crippen LogP) is 1.47. The van der Waals surface area contributed by atoms with E-state index in [-0.39, 0.29) is 23.9 Å². The van der Waals surface area contributed by atoms with E-state index in [1.165, 1.54) is 0 Å². The summed E-state index contributed by atoms with van der Waals surface area (Å²) in [4.78, 5) is 25.2. The van der Waals surface area contributed by atoms with Crippen molar-refractivity contribution in [2.24, 2.45) is 0 Å². The number of carbonyl (C=O) groups excluding carboxylic acids is 2. The molecule has 2 aromatic rings. The maximum Gasteiger partial charge on any atom is 0.255 e. The number of nitrogens with one attached hydrogen (secondary N) is 2. The molecule has 2 amide bonds. The van der Waals surface area contributed by atoms with Crippen LogP contribution in [-0.2, 0) is 17.8 Å². The SMILES string of the molecule is COc1ccc2c(c1)OCCn1cc(nn1)CCC(=O)NC1CCC(CC1)NC2=O. The number of rotatable bonds is 1. The molecule has 3 aliphatic rings. The van der Waals surface area contributed by atoms with Gasteiger partial charge in [0.25, 0.3) is 5.91 Å². The lowest BCUT2D eigenvalue weighted by Crippen LogP contribution is -2.44. The van der Waals surface area contributed by atoms with E-state index in [0.29, 0.717) is 43.1 Å². The molecule has 1 aromatic heterocycles. The molecular formula is C21H27N5O4. The smallest absolute Gasteiger partial charge is 0.255 e. The van der Waals surface area contributed by atoms with Crippen LogP contribution in [0.25, 0.3) is 0 Å². The second-order valence-electron chi connectivity index (χ2n) is 7.77. The highest BCUT2D eigenvalue weighted by Crippen LogP contribution is 2.26. The molecular weight excluding hydrogens is 386 g/mol. The van der Waals surface area contributed by atoms with Crippen LogP contribution in [0.15, 0.2) is 24.4 Å². The van der Waals surface area contributed by atoms with E-state index in [1.807, 2.05) is 6.20 Å². The van der Waals surface area contributed by atoms with Crippen molar-refractivity contribution < 1.29 is 19.1 Å². The fraction of sp³-hybridized carbons (Fsp3) is 0.524. The number of ether oxygens (including phenoxy) is 2. The highest BCUT2D eigenvalue weighted by atomic mass is 16.5. The molecule has 0 atom stereocenters. The Morgan fingerprint density at radius 3 is 2.63 bits per heavy atom. The number of nitrogens with zero attached hydrogens (tertiary/aromatic N) is 3. The number of hydrogen-bond donors (Lipinski definition) is 2. The van der Waals surface area contributed by atoms with Crippen molar-refractivity contribution in [2.75, 3.05) is 13.7 Å². The van der Waals surface area contributed by atoms with Crippen LogP contribution < -0.4 is 20.1 Å². The Morgan fingerprint density at radius 2 is 1.87 bits per heavy atom. The molecule has 0 spiro atoms. The van der Waals surface area contributed by atoms with Crippen LogP contribution in [0, 0.1) is 0 Å². The fourth-order valence-electron chi connectivity index (χ4n) is 3.93. The molecule has 30 heavy (non-hydrogen) atoms. The molecule has 4 bridgehead atoms. The number of methoxy groups -OCH3 is 1. The lowest BCUT2D eigenvalue weighted by atomic mass is 9.90. The van der Waals surface area contributed by atoms with Gasteiger partial charge in [0.05, 0.1) is 24.9 Å². The van der Waals surface area contributed by atoms with Crippen LogP contribution in [0.1, 0.15) is 48.2 Å². The first-order chi connectivity index (χ1) is 14.6. The zero-order valence-electron chi connectivity index (χ0n) is 17.1. The number of benzene rings is 1. The summed E-state index contributed by atoms with van der Waals surface area (Å²) in [6.45, 7) is 0.796. The number of aromatic nitrogens is 3. The molecule has 1 aromatic carbocycles. The molecule has 0 saturated heterocycles. The summed E-state index contributed by atoms with van der Waals surface area (Å²) in [7, 11) is 1.58. The lowest BCUT2D eigenvalue weighted by molar-refractivity contribution is -0.122. The molecule has 1 saturated carbocycles. The number of aryl methyl sites for hydroxylation is 1. The summed E-state index contributed by atoms with van der Waals surface area (Å²) in [5, 5.41) is 14.4. The minimum atomic E-state index is -0.163. The molecule has 3 heterocycles. The van der Waals surface area contributed by atoms with Gasteiger partial charge in [-0.1, -0.05) is 5.21 Å². The van der Waals surface area contributed by atoms with Crippen molar-refractivity contribution in [3.63, 3.8) is 0 Å². The van der Waals surface area contributed by atoms with E-state index in [2.05, 4.69) is 20.9 Å². The predicted molar refractivity (Wildman–Crippen MR) is 108 cm³/mol. The van der Waals surface area contributed by atoms with Gasteiger partial charge in [0.15, 0.2) is 0 Å². The van der Waals surface area contributed by atoms with Crippen LogP contribution in [0.2, 0.25) is 0 Å². The third-order valence-electron chi connectivity index (χ3n) is 5.63. The molecule has 2 N–H and O–H groups in total. The summed E-state index contributed by atoms with van der Waals surface area (Å²) in [5.41, 5.74) is 1.25. The van der Waals surface area contributed by atoms with E-state index in [0.717, 1.165) is 31.4 Å². The zero-order valence-corrected chi connectivity index (χ0v) is 17.1. The van der Waals surface area contributed by atoms with Gasteiger partial charge in [-0.3, -0.25) is 9.59 Å². The van der Waals surface area contributed by atoms with Crippen molar-refractivity contribution in [1.29, 1.82) is 0 Å². The minimum absolute atomic E-state index is 0.0318. The maximum atomic E-state index is 12.9. The molecule has 160 valence electrons. The highest BCUT2D eigenvalue weighted by molar-refractivity contribution is 5.97. The summed E-state index contributed by atoms with van der Waals surface area (Å²) in [6, 6.07) is 5.45. The Labute approximate surface area is 175 Å². The van der Waals surface area contributed by atoms with Crippen molar-refractivity contribution in [1.82, 2.24) is 25.6 Å². The van der Waals surface area contributed by atoms with Gasteiger partial charge in [-0.05, 0) is 37.8 Å². The highest BCUT2D eigenvalue weighted by Gasteiger charge is 2.25. The molecule has 0 unspecified atom stereocenters. The molecule has 9 heteroatoms. The van der Waals surface area contributed by atoms with Gasteiger partial charge in [0.2, 0.25) is 5.91 Å². The van der Waals surface area contributed by atoms with Crippen molar-refractivity contribution in [3.05, 3.63) is 35.7 Å². The number of hydrogen-bond acceptors (Lipinski definition) is 6. The van der Waals surface area contributed by atoms with Crippen LogP contribution in [0.3, 0.4) is 0 Å². The van der Waals surface area contributed by atoms with E-state index >= 15 is 0 Å². The Balaban J connectivity index is 1.55. The Hall–Kier alpha value is -3.10. The molecule has 1 aliphatic carbocycles. The maximum absolute atomic E-state index is 12.9. The van der Waals surface area contributed by atoms with Crippen molar-refractivity contribution >= 4 is 11.8 Å². The number of carbonyl (C=O) groups is 2. The van der Waals surface area contributed by atoms with Gasteiger partial charge in [-0.25, -0.2) is 4.68 Å². The first-order valence-corrected chi connectivity index (χ1v) is 10.4. The second-order valence-corrected chi connectivity index (χ2v) is 7.77. The monoisotopic (exact) mass is 413 g/mol. The standard InChI is InChI=1S/C21H27N5O4/c1-29-17-7-8-18-19(12-17)30-11-10-26-13-16(24-25-26)6-9-20(27)22-14-2-4-15(5-3-14)23-21(18)28/h7-8,12-15H,2-6,9-11H2,1H3,(H,22,27)(H,23,28). The second kappa shape index (κ2) is 9.15. The number of fused-ring (bicyclic) bond motifs is 8. The van der Waals surface area contributed by atoms with Gasteiger partial charge in [0.1, 0.15) is 18.1 Å². The van der Waals surface area contributed by atoms with Crippen LogP contribution in [0.5, 0.6) is 11.5 Å². The van der Waals surface area contributed by atoms with Gasteiger partial charge in [0, 0.05) is 37.2 Å². The summed E-state index contributed by atoms with van der Waals surface area (Å²) < 4.78 is 12.9. The topological polar surface area (TPSA) is 107 Å². The molecule has 9 nitrogen and oxygen atoms in total. The van der Waals surface area contributed by atoms with Gasteiger partial charge >= 0.3 is 0 Å². The van der Waals surface area contributed by atoms with Crippen LogP contribution >= 0.6 is 0 Å². The summed E-state index contributed by atoms with van der Waals surface area (Å²) in [5.74, 6) is 0.978. The number of amides is 2. The lowest BCUT2D eigenvalue weighted by Gasteiger charge is -2.30. The fourth-order valence-corrected chi connectivity index (χ4v) is 3.93. The van der Waals surface area contributed by atoms with E-state index in [1.54, 1.807) is 30.0 Å². The van der Waals surface area contributed by atoms with Crippen molar-refractivity contribution in [2.45, 2.75) is 57.2 Å². The summed E-state index contributed by atoms with van der Waals surface area (Å²) >= 11 is 0. The quantitative estimate of drug-likeness (QED) is 0.733. The van der Waals surface area contributed by atoms with Gasteiger partial charge in [-0.2, -0.15) is 0 Å². The van der Waals surface area contributed by atoms with E-state index < -0.39 is 0 Å². The third kappa shape index (κ3) is 4.90. The average Bonchev–Trinajstić information content (AvgIpc) is 3.20. The molecule has 0 radical (unpaired) electrons. The molecule has 1 fully saturated rings. The third-order valence-corrected chi connectivity index (χ3v) is 5.63. The van der Waals surface area contributed by atoms with Gasteiger partial charge in [-0.15, -0.1) is 5.10 Å². The first-order valence-electron chi connectivity index (χ1n) is 10.4.